The molecule has 0 aliphatic rings. The number of rotatable bonds is 4. The second-order valence-electron chi connectivity index (χ2n) is 6.55. The van der Waals surface area contributed by atoms with Gasteiger partial charge in [0.1, 0.15) is 5.65 Å². The highest BCUT2D eigenvalue weighted by molar-refractivity contribution is 6.04. The van der Waals surface area contributed by atoms with Gasteiger partial charge in [0.2, 0.25) is 5.82 Å². The molecular weight excluding hydrogens is 375 g/mol. The molecule has 4 rings (SSSR count). The quantitative estimate of drug-likeness (QED) is 0.407. The van der Waals surface area contributed by atoms with Crippen molar-refractivity contribution in [1.82, 2.24) is 9.38 Å². The van der Waals surface area contributed by atoms with Crippen LogP contribution in [-0.4, -0.2) is 20.2 Å². The summed E-state index contributed by atoms with van der Waals surface area (Å²) >= 11 is 0. The lowest BCUT2D eigenvalue weighted by atomic mass is 10.1. The average Bonchev–Trinajstić information content (AvgIpc) is 3.11. The topological polar surface area (TPSA) is 89.5 Å². The number of pyridine rings is 1. The molecule has 4 aromatic rings. The predicted molar refractivity (Wildman–Crippen MR) is 106 cm³/mol. The second-order valence-corrected chi connectivity index (χ2v) is 6.55. The highest BCUT2D eigenvalue weighted by Crippen LogP contribution is 2.23. The van der Waals surface area contributed by atoms with E-state index in [0.717, 1.165) is 34.6 Å². The number of anilines is 1. The number of aryl methyl sites for hydroxylation is 1. The summed E-state index contributed by atoms with van der Waals surface area (Å²) in [7, 11) is 0. The van der Waals surface area contributed by atoms with Crippen LogP contribution in [0.25, 0.3) is 16.9 Å². The normalized spacial score (nSPS) is 10.8. The average molecular weight is 390 g/mol. The summed E-state index contributed by atoms with van der Waals surface area (Å²) in [5, 5.41) is 13.5. The Kier molecular flexibility index (Phi) is 4.52. The molecule has 0 aliphatic heterocycles. The number of benzene rings is 2. The Morgan fingerprint density at radius 2 is 1.86 bits per heavy atom. The fourth-order valence-corrected chi connectivity index (χ4v) is 2.96. The van der Waals surface area contributed by atoms with Gasteiger partial charge >= 0.3 is 5.69 Å². The molecule has 1 N–H and O–H groups in total. The molecule has 2 aromatic heterocycles. The summed E-state index contributed by atoms with van der Waals surface area (Å²) in [6, 6.07) is 14.0. The van der Waals surface area contributed by atoms with Gasteiger partial charge in [-0.05, 0) is 42.8 Å². The third-order valence-corrected chi connectivity index (χ3v) is 4.44. The minimum Gasteiger partial charge on any atom is -0.322 e. The van der Waals surface area contributed by atoms with Gasteiger partial charge in [-0.25, -0.2) is 4.98 Å². The van der Waals surface area contributed by atoms with Crippen LogP contribution in [0.5, 0.6) is 0 Å². The first kappa shape index (κ1) is 18.3. The molecule has 0 unspecified atom stereocenters. The van der Waals surface area contributed by atoms with E-state index >= 15 is 0 Å². The number of amides is 1. The molecule has 0 spiro atoms. The van der Waals surface area contributed by atoms with E-state index in [4.69, 9.17) is 0 Å². The summed E-state index contributed by atoms with van der Waals surface area (Å²) in [4.78, 5) is 26.9. The first-order valence-electron chi connectivity index (χ1n) is 8.72. The molecule has 0 atom stereocenters. The molecule has 8 heteroatoms. The fourth-order valence-electron chi connectivity index (χ4n) is 2.96. The monoisotopic (exact) mass is 390 g/mol. The van der Waals surface area contributed by atoms with E-state index in [1.165, 1.54) is 6.07 Å². The number of nitrogens with one attached hydrogen (secondary N) is 1. The van der Waals surface area contributed by atoms with Crippen molar-refractivity contribution in [2.75, 3.05) is 5.32 Å². The highest BCUT2D eigenvalue weighted by atomic mass is 19.1. The van der Waals surface area contributed by atoms with E-state index in [9.17, 15) is 19.3 Å². The number of fused-ring (bicyclic) bond motifs is 1. The smallest absolute Gasteiger partial charge is 0.305 e. The Morgan fingerprint density at radius 1 is 1.10 bits per heavy atom. The molecule has 0 saturated carbocycles. The zero-order chi connectivity index (χ0) is 20.5. The van der Waals surface area contributed by atoms with Crippen LogP contribution < -0.4 is 5.32 Å². The van der Waals surface area contributed by atoms with Crippen LogP contribution in [0.1, 0.15) is 15.9 Å². The fraction of sp³-hybridized carbons (Fsp3) is 0.0476. The zero-order valence-corrected chi connectivity index (χ0v) is 15.3. The van der Waals surface area contributed by atoms with Crippen molar-refractivity contribution in [3.63, 3.8) is 0 Å². The van der Waals surface area contributed by atoms with Gasteiger partial charge in [-0.2, -0.15) is 4.39 Å². The lowest BCUT2D eigenvalue weighted by Crippen LogP contribution is -2.12. The van der Waals surface area contributed by atoms with Gasteiger partial charge in [0, 0.05) is 35.3 Å². The number of carbonyl (C=O) groups excluding carboxylic acids is 1. The summed E-state index contributed by atoms with van der Waals surface area (Å²) in [5.74, 6) is -1.55. The number of nitrogens with zero attached hydrogens (tertiary/aromatic N) is 3. The Balaban J connectivity index is 1.54. The third-order valence-electron chi connectivity index (χ3n) is 4.44. The summed E-state index contributed by atoms with van der Waals surface area (Å²) in [6.07, 6.45) is 3.91. The second kappa shape index (κ2) is 7.16. The van der Waals surface area contributed by atoms with Gasteiger partial charge in [0.05, 0.1) is 10.6 Å². The van der Waals surface area contributed by atoms with Crippen LogP contribution in [0, 0.1) is 22.9 Å². The molecule has 7 nitrogen and oxygen atoms in total. The summed E-state index contributed by atoms with van der Waals surface area (Å²) in [5.41, 5.74) is 3.39. The summed E-state index contributed by atoms with van der Waals surface area (Å²) in [6.45, 7) is 2.01. The first-order valence-corrected chi connectivity index (χ1v) is 8.72. The molecular formula is C21H15FN4O3. The number of nitro groups is 1. The highest BCUT2D eigenvalue weighted by Gasteiger charge is 2.17. The zero-order valence-electron chi connectivity index (χ0n) is 15.3. The van der Waals surface area contributed by atoms with E-state index in [0.29, 0.717) is 5.69 Å². The van der Waals surface area contributed by atoms with E-state index in [1.54, 1.807) is 12.1 Å². The van der Waals surface area contributed by atoms with E-state index in [-0.39, 0.29) is 5.56 Å². The van der Waals surface area contributed by atoms with Gasteiger partial charge in [-0.1, -0.05) is 18.2 Å². The standard InChI is InChI=1S/C21H15FN4O3/c1-13-2-9-20-24-18(12-25(20)11-13)14-3-6-16(7-4-14)23-21(27)15-5-8-17(22)19(10-15)26(28)29/h2-12H,1H3,(H,23,27). The van der Waals surface area contributed by atoms with Crippen LogP contribution >= 0.6 is 0 Å². The molecule has 29 heavy (non-hydrogen) atoms. The number of carbonyl (C=O) groups is 1. The van der Waals surface area contributed by atoms with Gasteiger partial charge < -0.3 is 9.72 Å². The maximum Gasteiger partial charge on any atom is 0.305 e. The summed E-state index contributed by atoms with van der Waals surface area (Å²) < 4.78 is 15.4. The number of imidazole rings is 1. The van der Waals surface area contributed by atoms with Crippen LogP contribution in [0.2, 0.25) is 0 Å². The van der Waals surface area contributed by atoms with Gasteiger partial charge in [0.25, 0.3) is 5.91 Å². The predicted octanol–water partition coefficient (Wildman–Crippen LogP) is 4.61. The molecule has 0 saturated heterocycles. The van der Waals surface area contributed by atoms with Gasteiger partial charge in [0.15, 0.2) is 0 Å². The van der Waals surface area contributed by atoms with Gasteiger partial charge in [-0.3, -0.25) is 14.9 Å². The van der Waals surface area contributed by atoms with Crippen molar-refractivity contribution in [3.05, 3.63) is 94.0 Å². The van der Waals surface area contributed by atoms with Crippen molar-refractivity contribution < 1.29 is 14.1 Å². The SMILES string of the molecule is Cc1ccc2nc(-c3ccc(NC(=O)c4ccc(F)c([N+](=O)[O-])c4)cc3)cn2c1. The Morgan fingerprint density at radius 3 is 2.59 bits per heavy atom. The van der Waals surface area contributed by atoms with Crippen LogP contribution in [0.4, 0.5) is 15.8 Å². The number of aromatic nitrogens is 2. The maximum atomic E-state index is 13.4. The number of nitro benzene ring substituents is 1. The largest absolute Gasteiger partial charge is 0.322 e. The Labute approximate surface area is 164 Å². The van der Waals surface area contributed by atoms with Crippen molar-refractivity contribution in [2.45, 2.75) is 6.92 Å². The Bertz CT molecular complexity index is 1250. The van der Waals surface area contributed by atoms with Crippen molar-refractivity contribution in [1.29, 1.82) is 0 Å². The third kappa shape index (κ3) is 3.68. The molecule has 2 heterocycles. The maximum absolute atomic E-state index is 13.4. The minimum atomic E-state index is -0.987. The van der Waals surface area contributed by atoms with Crippen molar-refractivity contribution in [2.24, 2.45) is 0 Å². The van der Waals surface area contributed by atoms with E-state index < -0.39 is 22.3 Å². The van der Waals surface area contributed by atoms with E-state index in [1.807, 2.05) is 48.0 Å². The molecule has 2 aromatic carbocycles. The van der Waals surface area contributed by atoms with Crippen molar-refractivity contribution >= 4 is 22.9 Å². The Hall–Kier alpha value is -4.07. The minimum absolute atomic E-state index is 0.00195. The molecule has 1 amide bonds. The molecule has 144 valence electrons. The van der Waals surface area contributed by atoms with Crippen molar-refractivity contribution in [3.8, 4) is 11.3 Å². The van der Waals surface area contributed by atoms with E-state index in [2.05, 4.69) is 10.3 Å². The molecule has 0 bridgehead atoms. The van der Waals surface area contributed by atoms with Crippen LogP contribution in [-0.2, 0) is 0 Å². The molecule has 0 radical (unpaired) electrons. The lowest BCUT2D eigenvalue weighted by molar-refractivity contribution is -0.387. The first-order chi connectivity index (χ1) is 13.9. The molecule has 0 aliphatic carbocycles. The number of hydrogen-bond acceptors (Lipinski definition) is 4. The number of hydrogen-bond donors (Lipinski definition) is 1. The molecule has 0 fully saturated rings. The lowest BCUT2D eigenvalue weighted by Gasteiger charge is -2.06. The van der Waals surface area contributed by atoms with Crippen LogP contribution in [0.3, 0.4) is 0 Å². The number of halogens is 1. The van der Waals surface area contributed by atoms with Gasteiger partial charge in [-0.15, -0.1) is 0 Å². The van der Waals surface area contributed by atoms with Crippen LogP contribution in [0.15, 0.2) is 67.0 Å².